The smallest absolute Gasteiger partial charge is 0.129 e. The molecule has 0 aromatic heterocycles. The van der Waals surface area contributed by atoms with Gasteiger partial charge in [-0.3, -0.25) is 0 Å². The largest absolute Gasteiger partial charge is 0.385 e. The van der Waals surface area contributed by atoms with Crippen molar-refractivity contribution in [3.05, 3.63) is 35.6 Å². The molecule has 0 saturated heterocycles. The molecule has 14 heavy (non-hydrogen) atoms. The highest BCUT2D eigenvalue weighted by atomic mass is 19.1. The Morgan fingerprint density at radius 2 is 1.93 bits per heavy atom. The van der Waals surface area contributed by atoms with Crippen molar-refractivity contribution in [1.29, 1.82) is 0 Å². The quantitative estimate of drug-likeness (QED) is 0.767. The third kappa shape index (κ3) is 1.25. The predicted molar refractivity (Wildman–Crippen MR) is 53.3 cm³/mol. The first-order chi connectivity index (χ1) is 6.47. The summed E-state index contributed by atoms with van der Waals surface area (Å²) in [7, 11) is 0. The lowest BCUT2D eigenvalue weighted by atomic mass is 9.81. The highest BCUT2D eigenvalue weighted by Crippen LogP contribution is 2.57. The van der Waals surface area contributed by atoms with Gasteiger partial charge in [0.25, 0.3) is 0 Å². The topological polar surface area (TPSA) is 20.2 Å². The van der Waals surface area contributed by atoms with Crippen molar-refractivity contribution >= 4 is 0 Å². The third-order valence-electron chi connectivity index (χ3n) is 3.57. The van der Waals surface area contributed by atoms with Crippen LogP contribution in [0, 0.1) is 11.2 Å². The van der Waals surface area contributed by atoms with E-state index in [1.807, 2.05) is 6.92 Å². The van der Waals surface area contributed by atoms with Crippen molar-refractivity contribution < 1.29 is 9.50 Å². The van der Waals surface area contributed by atoms with Crippen LogP contribution in [0.5, 0.6) is 0 Å². The highest BCUT2D eigenvalue weighted by molar-refractivity contribution is 5.28. The van der Waals surface area contributed by atoms with E-state index < -0.39 is 5.60 Å². The molecular weight excluding hydrogens is 179 g/mol. The van der Waals surface area contributed by atoms with Crippen molar-refractivity contribution in [2.45, 2.75) is 32.3 Å². The first-order valence-corrected chi connectivity index (χ1v) is 4.95. The van der Waals surface area contributed by atoms with Crippen LogP contribution in [-0.2, 0) is 5.60 Å². The standard InChI is InChI=1S/C12H15FO/c1-11(7-8-11)12(2,14)9-5-3-4-6-10(9)13/h3-6,14H,7-8H2,1-2H3. The second kappa shape index (κ2) is 2.80. The molecular formula is C12H15FO. The molecule has 1 aromatic rings. The predicted octanol–water partition coefficient (Wildman–Crippen LogP) is 2.83. The summed E-state index contributed by atoms with van der Waals surface area (Å²) in [5.74, 6) is -0.314. The number of halogens is 1. The Bertz CT molecular complexity index is 353. The van der Waals surface area contributed by atoms with Crippen LogP contribution in [0.3, 0.4) is 0 Å². The fourth-order valence-electron chi connectivity index (χ4n) is 1.86. The summed E-state index contributed by atoms with van der Waals surface area (Å²) in [5.41, 5.74) is -0.770. The molecule has 1 unspecified atom stereocenters. The van der Waals surface area contributed by atoms with Gasteiger partial charge in [0.1, 0.15) is 5.82 Å². The van der Waals surface area contributed by atoms with Crippen LogP contribution < -0.4 is 0 Å². The van der Waals surface area contributed by atoms with Crippen molar-refractivity contribution in [2.24, 2.45) is 5.41 Å². The third-order valence-corrected chi connectivity index (χ3v) is 3.57. The molecule has 2 heteroatoms. The normalized spacial score (nSPS) is 22.9. The summed E-state index contributed by atoms with van der Waals surface area (Å²) >= 11 is 0. The molecule has 0 amide bonds. The lowest BCUT2D eigenvalue weighted by molar-refractivity contribution is -0.0157. The summed E-state index contributed by atoms with van der Waals surface area (Å²) < 4.78 is 13.5. The lowest BCUT2D eigenvalue weighted by Gasteiger charge is -2.31. The molecule has 0 bridgehead atoms. The first-order valence-electron chi connectivity index (χ1n) is 4.95. The van der Waals surface area contributed by atoms with E-state index in [0.717, 1.165) is 12.8 Å². The van der Waals surface area contributed by atoms with E-state index in [9.17, 15) is 9.50 Å². The van der Waals surface area contributed by atoms with Crippen LogP contribution in [0.1, 0.15) is 32.3 Å². The first kappa shape index (κ1) is 9.66. The van der Waals surface area contributed by atoms with Crippen molar-refractivity contribution in [3.8, 4) is 0 Å². The molecule has 0 heterocycles. The van der Waals surface area contributed by atoms with Gasteiger partial charge in [-0.15, -0.1) is 0 Å². The Morgan fingerprint density at radius 3 is 2.43 bits per heavy atom. The van der Waals surface area contributed by atoms with Crippen LogP contribution in [-0.4, -0.2) is 5.11 Å². The number of benzene rings is 1. The second-order valence-electron chi connectivity index (χ2n) is 4.61. The molecule has 2 rings (SSSR count). The van der Waals surface area contributed by atoms with Gasteiger partial charge in [0.2, 0.25) is 0 Å². The van der Waals surface area contributed by atoms with Gasteiger partial charge in [0.05, 0.1) is 5.60 Å². The average Bonchev–Trinajstić information content (AvgIpc) is 2.86. The van der Waals surface area contributed by atoms with Crippen molar-refractivity contribution in [3.63, 3.8) is 0 Å². The van der Waals surface area contributed by atoms with Crippen molar-refractivity contribution in [1.82, 2.24) is 0 Å². The van der Waals surface area contributed by atoms with Gasteiger partial charge in [0.15, 0.2) is 0 Å². The number of hydrogen-bond donors (Lipinski definition) is 1. The summed E-state index contributed by atoms with van der Waals surface area (Å²) in [6, 6.07) is 6.47. The Hall–Kier alpha value is -0.890. The van der Waals surface area contributed by atoms with E-state index in [4.69, 9.17) is 0 Å². The molecule has 0 spiro atoms. The van der Waals surface area contributed by atoms with E-state index in [1.54, 1.807) is 25.1 Å². The van der Waals surface area contributed by atoms with Crippen LogP contribution in [0.4, 0.5) is 4.39 Å². The van der Waals surface area contributed by atoms with E-state index >= 15 is 0 Å². The van der Waals surface area contributed by atoms with E-state index in [1.165, 1.54) is 6.07 Å². The molecule has 76 valence electrons. The van der Waals surface area contributed by atoms with Gasteiger partial charge in [-0.2, -0.15) is 0 Å². The molecule has 1 aliphatic rings. The van der Waals surface area contributed by atoms with Gasteiger partial charge in [-0.25, -0.2) is 4.39 Å². The Morgan fingerprint density at radius 1 is 1.36 bits per heavy atom. The molecule has 0 radical (unpaired) electrons. The maximum atomic E-state index is 13.5. The van der Waals surface area contributed by atoms with Gasteiger partial charge >= 0.3 is 0 Å². The van der Waals surface area contributed by atoms with Gasteiger partial charge in [-0.05, 0) is 25.8 Å². The monoisotopic (exact) mass is 194 g/mol. The minimum absolute atomic E-state index is 0.144. The molecule has 1 atom stereocenters. The number of rotatable bonds is 2. The summed E-state index contributed by atoms with van der Waals surface area (Å²) in [6.07, 6.45) is 1.93. The molecule has 1 N–H and O–H groups in total. The molecule has 1 nitrogen and oxygen atoms in total. The molecule has 1 saturated carbocycles. The van der Waals surface area contributed by atoms with Crippen LogP contribution in [0.2, 0.25) is 0 Å². The van der Waals surface area contributed by atoms with E-state index in [-0.39, 0.29) is 11.2 Å². The van der Waals surface area contributed by atoms with Crippen molar-refractivity contribution in [2.75, 3.05) is 0 Å². The zero-order chi connectivity index (χ0) is 10.4. The minimum atomic E-state index is -1.04. The van der Waals surface area contributed by atoms with Gasteiger partial charge < -0.3 is 5.11 Å². The van der Waals surface area contributed by atoms with Gasteiger partial charge in [-0.1, -0.05) is 25.1 Å². The SMILES string of the molecule is CC1(C(C)(O)c2ccccc2F)CC1. The summed E-state index contributed by atoms with van der Waals surface area (Å²) in [4.78, 5) is 0. The fourth-order valence-corrected chi connectivity index (χ4v) is 1.86. The zero-order valence-corrected chi connectivity index (χ0v) is 8.55. The molecule has 1 fully saturated rings. The van der Waals surface area contributed by atoms with Gasteiger partial charge in [0, 0.05) is 11.0 Å². The Kier molecular flexibility index (Phi) is 1.93. The maximum Gasteiger partial charge on any atom is 0.129 e. The number of aliphatic hydroxyl groups is 1. The number of hydrogen-bond acceptors (Lipinski definition) is 1. The molecule has 1 aliphatic carbocycles. The minimum Gasteiger partial charge on any atom is -0.385 e. The van der Waals surface area contributed by atoms with E-state index in [0.29, 0.717) is 5.56 Å². The maximum absolute atomic E-state index is 13.5. The Balaban J connectivity index is 2.44. The lowest BCUT2D eigenvalue weighted by Crippen LogP contribution is -2.32. The molecule has 0 aliphatic heterocycles. The van der Waals surface area contributed by atoms with Crippen LogP contribution in [0.15, 0.2) is 24.3 Å². The Labute approximate surface area is 83.6 Å². The molecule has 1 aromatic carbocycles. The second-order valence-corrected chi connectivity index (χ2v) is 4.61. The fraction of sp³-hybridized carbons (Fsp3) is 0.500. The highest BCUT2D eigenvalue weighted by Gasteiger charge is 2.53. The van der Waals surface area contributed by atoms with Crippen LogP contribution in [0.25, 0.3) is 0 Å². The zero-order valence-electron chi connectivity index (χ0n) is 8.55. The summed E-state index contributed by atoms with van der Waals surface area (Å²) in [5, 5.41) is 10.3. The summed E-state index contributed by atoms with van der Waals surface area (Å²) in [6.45, 7) is 3.71. The van der Waals surface area contributed by atoms with Crippen LogP contribution >= 0.6 is 0 Å². The average molecular weight is 194 g/mol. The van der Waals surface area contributed by atoms with E-state index in [2.05, 4.69) is 0 Å².